The minimum atomic E-state index is -0.0122. The molecule has 0 aliphatic carbocycles. The van der Waals surface area contributed by atoms with E-state index >= 15 is 0 Å². The van der Waals surface area contributed by atoms with Crippen molar-refractivity contribution >= 4 is 17.2 Å². The molecular formula is C13H18N2O2. The molecule has 2 atom stereocenters. The van der Waals surface area contributed by atoms with Crippen molar-refractivity contribution in [2.24, 2.45) is 0 Å². The lowest BCUT2D eigenvalue weighted by Gasteiger charge is -2.18. The van der Waals surface area contributed by atoms with Crippen LogP contribution in [0, 0.1) is 0 Å². The molecule has 17 heavy (non-hydrogen) atoms. The zero-order valence-corrected chi connectivity index (χ0v) is 10.2. The van der Waals surface area contributed by atoms with Crippen LogP contribution in [0.3, 0.4) is 0 Å². The summed E-state index contributed by atoms with van der Waals surface area (Å²) < 4.78 is 5.48. The normalized spacial score (nSPS) is 23.6. The Hall–Kier alpha value is -1.55. The maximum atomic E-state index is 11.4. The lowest BCUT2D eigenvalue weighted by Crippen LogP contribution is -2.26. The Bertz CT molecular complexity index is 431. The molecule has 1 aliphatic heterocycles. The highest BCUT2D eigenvalue weighted by Crippen LogP contribution is 2.22. The van der Waals surface area contributed by atoms with E-state index in [4.69, 9.17) is 10.5 Å². The molecule has 1 fully saturated rings. The molecule has 0 bridgehead atoms. The molecule has 0 radical (unpaired) electrons. The molecule has 1 saturated heterocycles. The predicted octanol–water partition coefficient (Wildman–Crippen LogP) is 2.06. The SMILES string of the molecule is CC(=O)c1cc(NC2CCOC2C)ccc1N. The molecule has 4 nitrogen and oxygen atoms in total. The third kappa shape index (κ3) is 2.58. The van der Waals surface area contributed by atoms with E-state index in [1.165, 1.54) is 6.92 Å². The number of nitrogens with one attached hydrogen (secondary N) is 1. The fourth-order valence-corrected chi connectivity index (χ4v) is 2.09. The highest BCUT2D eigenvalue weighted by atomic mass is 16.5. The number of carbonyl (C=O) groups is 1. The molecule has 1 aliphatic rings. The maximum absolute atomic E-state index is 11.4. The van der Waals surface area contributed by atoms with Crippen molar-refractivity contribution in [3.63, 3.8) is 0 Å². The van der Waals surface area contributed by atoms with Gasteiger partial charge in [-0.05, 0) is 38.5 Å². The fraction of sp³-hybridized carbons (Fsp3) is 0.462. The van der Waals surface area contributed by atoms with Gasteiger partial charge in [0.25, 0.3) is 0 Å². The van der Waals surface area contributed by atoms with Crippen LogP contribution in [0.2, 0.25) is 0 Å². The standard InChI is InChI=1S/C13H18N2O2/c1-8(16)11-7-10(3-4-12(11)14)15-13-5-6-17-9(13)2/h3-4,7,9,13,15H,5-6,14H2,1-2H3. The average molecular weight is 234 g/mol. The number of hydrogen-bond donors (Lipinski definition) is 2. The zero-order valence-electron chi connectivity index (χ0n) is 10.2. The number of nitrogens with two attached hydrogens (primary N) is 1. The molecular weight excluding hydrogens is 216 g/mol. The molecule has 1 aromatic rings. The third-order valence-corrected chi connectivity index (χ3v) is 3.16. The monoisotopic (exact) mass is 234 g/mol. The molecule has 0 amide bonds. The Morgan fingerprint density at radius 3 is 2.88 bits per heavy atom. The van der Waals surface area contributed by atoms with Crippen molar-refractivity contribution < 1.29 is 9.53 Å². The Kier molecular flexibility index (Phi) is 3.33. The van der Waals surface area contributed by atoms with Gasteiger partial charge in [-0.15, -0.1) is 0 Å². The quantitative estimate of drug-likeness (QED) is 0.620. The van der Waals surface area contributed by atoms with Gasteiger partial charge in [0.15, 0.2) is 5.78 Å². The van der Waals surface area contributed by atoms with E-state index in [1.54, 1.807) is 6.07 Å². The summed E-state index contributed by atoms with van der Waals surface area (Å²) in [5.74, 6) is -0.0122. The molecule has 4 heteroatoms. The summed E-state index contributed by atoms with van der Waals surface area (Å²) in [7, 11) is 0. The molecule has 0 aromatic heterocycles. The second-order valence-electron chi connectivity index (χ2n) is 4.47. The van der Waals surface area contributed by atoms with Crippen LogP contribution in [-0.2, 0) is 4.74 Å². The van der Waals surface area contributed by atoms with Gasteiger partial charge < -0.3 is 15.8 Å². The van der Waals surface area contributed by atoms with Gasteiger partial charge >= 0.3 is 0 Å². The second-order valence-corrected chi connectivity index (χ2v) is 4.47. The minimum absolute atomic E-state index is 0.0122. The average Bonchev–Trinajstić information content (AvgIpc) is 2.67. The van der Waals surface area contributed by atoms with Crippen LogP contribution in [0.4, 0.5) is 11.4 Å². The van der Waals surface area contributed by atoms with Crippen LogP contribution in [0.5, 0.6) is 0 Å². The predicted molar refractivity (Wildman–Crippen MR) is 68.3 cm³/mol. The highest BCUT2D eigenvalue weighted by Gasteiger charge is 2.23. The number of hydrogen-bond acceptors (Lipinski definition) is 4. The van der Waals surface area contributed by atoms with Gasteiger partial charge in [-0.1, -0.05) is 0 Å². The number of carbonyl (C=O) groups excluding carboxylic acids is 1. The number of Topliss-reactive ketones (excluding diaryl/α,β-unsaturated/α-hetero) is 1. The van der Waals surface area contributed by atoms with Crippen molar-refractivity contribution in [1.82, 2.24) is 0 Å². The summed E-state index contributed by atoms with van der Waals surface area (Å²) in [6.45, 7) is 4.36. The number of benzene rings is 1. The van der Waals surface area contributed by atoms with Crippen molar-refractivity contribution in [3.05, 3.63) is 23.8 Å². The first-order chi connectivity index (χ1) is 8.08. The van der Waals surface area contributed by atoms with Crippen LogP contribution >= 0.6 is 0 Å². The molecule has 0 saturated carbocycles. The van der Waals surface area contributed by atoms with Gasteiger partial charge in [0, 0.05) is 23.5 Å². The summed E-state index contributed by atoms with van der Waals surface area (Å²) in [5.41, 5.74) is 7.77. The Balaban J connectivity index is 2.16. The highest BCUT2D eigenvalue weighted by molar-refractivity contribution is 6.00. The van der Waals surface area contributed by atoms with Crippen molar-refractivity contribution in [3.8, 4) is 0 Å². The fourth-order valence-electron chi connectivity index (χ4n) is 2.09. The van der Waals surface area contributed by atoms with Crippen LogP contribution < -0.4 is 11.1 Å². The van der Waals surface area contributed by atoms with E-state index in [0.717, 1.165) is 18.7 Å². The van der Waals surface area contributed by atoms with Gasteiger partial charge in [0.1, 0.15) is 0 Å². The van der Waals surface area contributed by atoms with E-state index in [0.29, 0.717) is 17.3 Å². The molecule has 3 N–H and O–H groups in total. The van der Waals surface area contributed by atoms with Gasteiger partial charge in [-0.2, -0.15) is 0 Å². The summed E-state index contributed by atoms with van der Waals surface area (Å²) >= 11 is 0. The Labute approximate surface area is 101 Å². The summed E-state index contributed by atoms with van der Waals surface area (Å²) in [5, 5.41) is 3.38. The first-order valence-corrected chi connectivity index (χ1v) is 5.86. The van der Waals surface area contributed by atoms with E-state index < -0.39 is 0 Å². The molecule has 2 unspecified atom stereocenters. The first-order valence-electron chi connectivity index (χ1n) is 5.86. The minimum Gasteiger partial charge on any atom is -0.398 e. The molecule has 1 aromatic carbocycles. The zero-order chi connectivity index (χ0) is 12.4. The lowest BCUT2D eigenvalue weighted by atomic mass is 10.1. The number of ether oxygens (including phenoxy) is 1. The first kappa shape index (κ1) is 11.9. The van der Waals surface area contributed by atoms with Gasteiger partial charge in [0.2, 0.25) is 0 Å². The Morgan fingerprint density at radius 2 is 2.29 bits per heavy atom. The van der Waals surface area contributed by atoms with Crippen LogP contribution in [0.25, 0.3) is 0 Å². The van der Waals surface area contributed by atoms with Crippen LogP contribution in [-0.4, -0.2) is 24.5 Å². The van der Waals surface area contributed by atoms with Crippen molar-refractivity contribution in [1.29, 1.82) is 0 Å². The van der Waals surface area contributed by atoms with Gasteiger partial charge in [-0.3, -0.25) is 4.79 Å². The third-order valence-electron chi connectivity index (χ3n) is 3.16. The van der Waals surface area contributed by atoms with Crippen LogP contribution in [0.1, 0.15) is 30.6 Å². The van der Waals surface area contributed by atoms with E-state index in [2.05, 4.69) is 5.32 Å². The van der Waals surface area contributed by atoms with Crippen LogP contribution in [0.15, 0.2) is 18.2 Å². The summed E-state index contributed by atoms with van der Waals surface area (Å²) in [6.07, 6.45) is 1.19. The van der Waals surface area contributed by atoms with E-state index in [9.17, 15) is 4.79 Å². The van der Waals surface area contributed by atoms with Crippen molar-refractivity contribution in [2.75, 3.05) is 17.7 Å². The largest absolute Gasteiger partial charge is 0.398 e. The molecule has 1 heterocycles. The number of anilines is 2. The maximum Gasteiger partial charge on any atom is 0.161 e. The van der Waals surface area contributed by atoms with Crippen molar-refractivity contribution in [2.45, 2.75) is 32.4 Å². The van der Waals surface area contributed by atoms with E-state index in [1.807, 2.05) is 19.1 Å². The smallest absolute Gasteiger partial charge is 0.161 e. The molecule has 92 valence electrons. The Morgan fingerprint density at radius 1 is 1.53 bits per heavy atom. The number of ketones is 1. The summed E-state index contributed by atoms with van der Waals surface area (Å²) in [6, 6.07) is 5.77. The van der Waals surface area contributed by atoms with E-state index in [-0.39, 0.29) is 11.9 Å². The lowest BCUT2D eigenvalue weighted by molar-refractivity contribution is 0.101. The molecule has 2 rings (SSSR count). The topological polar surface area (TPSA) is 64.3 Å². The molecule has 0 spiro atoms. The summed E-state index contributed by atoms with van der Waals surface area (Å²) in [4.78, 5) is 11.4. The number of nitrogen functional groups attached to an aromatic ring is 1. The second kappa shape index (κ2) is 4.75. The van der Waals surface area contributed by atoms with Gasteiger partial charge in [0.05, 0.1) is 12.1 Å². The number of rotatable bonds is 3. The van der Waals surface area contributed by atoms with Gasteiger partial charge in [-0.25, -0.2) is 0 Å².